The number of hydrogen-bond donors (Lipinski definition) is 2. The summed E-state index contributed by atoms with van der Waals surface area (Å²) in [6, 6.07) is 7.99. The van der Waals surface area contributed by atoms with Gasteiger partial charge in [0.15, 0.2) is 0 Å². The highest BCUT2D eigenvalue weighted by Crippen LogP contribution is 2.17. The molecule has 3 N–H and O–H groups in total. The summed E-state index contributed by atoms with van der Waals surface area (Å²) in [5, 5.41) is 4.20. The molecule has 1 aromatic carbocycles. The van der Waals surface area contributed by atoms with Crippen LogP contribution in [0.15, 0.2) is 24.3 Å². The van der Waals surface area contributed by atoms with Crippen LogP contribution in [0.3, 0.4) is 0 Å². The van der Waals surface area contributed by atoms with Crippen molar-refractivity contribution in [2.45, 2.75) is 25.7 Å². The smallest absolute Gasteiger partial charge is 0.202 e. The van der Waals surface area contributed by atoms with Crippen molar-refractivity contribution in [3.8, 4) is 5.75 Å². The number of hydrogen-bond acceptors (Lipinski definition) is 6. The van der Waals surface area contributed by atoms with E-state index in [4.69, 9.17) is 10.5 Å². The van der Waals surface area contributed by atoms with Gasteiger partial charge >= 0.3 is 0 Å². The van der Waals surface area contributed by atoms with Crippen molar-refractivity contribution in [2.75, 3.05) is 25.5 Å². The number of nitrogens with zero attached hydrogens (tertiary/aromatic N) is 2. The monoisotopic (exact) mass is 306 g/mol. The van der Waals surface area contributed by atoms with Gasteiger partial charge in [0.1, 0.15) is 11.6 Å². The molecule has 1 aromatic heterocycles. The Morgan fingerprint density at radius 3 is 3.00 bits per heavy atom. The lowest BCUT2D eigenvalue weighted by molar-refractivity contribution is 0.414. The van der Waals surface area contributed by atoms with E-state index >= 15 is 0 Å². The Balaban J connectivity index is 1.82. The Bertz CT molecular complexity index is 544. The van der Waals surface area contributed by atoms with E-state index in [2.05, 4.69) is 20.7 Å². The topological polar surface area (TPSA) is 73.1 Å². The van der Waals surface area contributed by atoms with E-state index in [1.807, 2.05) is 18.2 Å². The fraction of sp³-hybridized carbons (Fsp3) is 0.467. The van der Waals surface area contributed by atoms with Crippen LogP contribution in [0.4, 0.5) is 5.13 Å². The molecule has 1 heterocycles. The third-order valence-corrected chi connectivity index (χ3v) is 3.83. The molecule has 0 bridgehead atoms. The second-order valence-electron chi connectivity index (χ2n) is 4.82. The quantitative estimate of drug-likeness (QED) is 0.697. The zero-order valence-corrected chi connectivity index (χ0v) is 13.2. The Hall–Kier alpha value is -1.66. The lowest BCUT2D eigenvalue weighted by atomic mass is 10.1. The standard InChI is InChI=1S/C15H22N4OS/c1-20-13-7-5-6-12(10-13)11-14-18-15(21-19-14)17-9-4-2-3-8-16/h5-7,10H,2-4,8-9,11,16H2,1H3,(H,17,18,19). The summed E-state index contributed by atoms with van der Waals surface area (Å²) >= 11 is 1.41. The summed E-state index contributed by atoms with van der Waals surface area (Å²) in [5.74, 6) is 1.71. The Labute approximate surface area is 129 Å². The average molecular weight is 306 g/mol. The SMILES string of the molecule is COc1cccc(Cc2nsc(NCCCCCN)n2)c1. The molecule has 0 aliphatic heterocycles. The minimum atomic E-state index is 0.725. The van der Waals surface area contributed by atoms with E-state index in [-0.39, 0.29) is 0 Å². The first-order valence-corrected chi connectivity index (χ1v) is 7.98. The molecule has 5 nitrogen and oxygen atoms in total. The van der Waals surface area contributed by atoms with Gasteiger partial charge in [0, 0.05) is 24.5 Å². The predicted molar refractivity (Wildman–Crippen MR) is 87.1 cm³/mol. The van der Waals surface area contributed by atoms with E-state index in [9.17, 15) is 0 Å². The van der Waals surface area contributed by atoms with Gasteiger partial charge in [-0.2, -0.15) is 4.37 Å². The van der Waals surface area contributed by atoms with E-state index in [1.165, 1.54) is 11.5 Å². The Morgan fingerprint density at radius 2 is 2.19 bits per heavy atom. The Morgan fingerprint density at radius 1 is 1.29 bits per heavy atom. The largest absolute Gasteiger partial charge is 0.497 e. The van der Waals surface area contributed by atoms with Crippen molar-refractivity contribution >= 4 is 16.7 Å². The van der Waals surface area contributed by atoms with Gasteiger partial charge in [-0.15, -0.1) is 0 Å². The Kier molecular flexibility index (Phi) is 6.43. The molecular formula is C15H22N4OS. The number of benzene rings is 1. The van der Waals surface area contributed by atoms with Gasteiger partial charge in [0.25, 0.3) is 0 Å². The van der Waals surface area contributed by atoms with Crippen molar-refractivity contribution < 1.29 is 4.74 Å². The van der Waals surface area contributed by atoms with E-state index in [1.54, 1.807) is 7.11 Å². The zero-order chi connectivity index (χ0) is 14.9. The van der Waals surface area contributed by atoms with Crippen LogP contribution < -0.4 is 15.8 Å². The van der Waals surface area contributed by atoms with Gasteiger partial charge in [-0.25, -0.2) is 4.98 Å². The van der Waals surface area contributed by atoms with Gasteiger partial charge in [-0.1, -0.05) is 18.6 Å². The molecule has 6 heteroatoms. The number of nitrogens with two attached hydrogens (primary N) is 1. The summed E-state index contributed by atoms with van der Waals surface area (Å²) in [7, 11) is 1.67. The number of anilines is 1. The molecule has 21 heavy (non-hydrogen) atoms. The molecule has 2 aromatic rings. The van der Waals surface area contributed by atoms with E-state index < -0.39 is 0 Å². The molecule has 0 spiro atoms. The molecule has 0 radical (unpaired) electrons. The van der Waals surface area contributed by atoms with Gasteiger partial charge in [0.2, 0.25) is 5.13 Å². The molecule has 0 aliphatic carbocycles. The molecule has 0 amide bonds. The molecule has 0 unspecified atom stereocenters. The van der Waals surface area contributed by atoms with Gasteiger partial charge in [0.05, 0.1) is 7.11 Å². The minimum Gasteiger partial charge on any atom is -0.497 e. The van der Waals surface area contributed by atoms with Crippen LogP contribution >= 0.6 is 11.5 Å². The van der Waals surface area contributed by atoms with Gasteiger partial charge < -0.3 is 15.8 Å². The highest BCUT2D eigenvalue weighted by atomic mass is 32.1. The normalized spacial score (nSPS) is 10.6. The van der Waals surface area contributed by atoms with Crippen LogP contribution in [-0.4, -0.2) is 29.6 Å². The second-order valence-corrected chi connectivity index (χ2v) is 5.57. The van der Waals surface area contributed by atoms with Crippen LogP contribution in [0, 0.1) is 0 Å². The summed E-state index contributed by atoms with van der Waals surface area (Å²) in [6.07, 6.45) is 4.07. The maximum atomic E-state index is 5.47. The number of rotatable bonds is 9. The summed E-state index contributed by atoms with van der Waals surface area (Å²) < 4.78 is 9.61. The molecule has 0 aliphatic rings. The van der Waals surface area contributed by atoms with E-state index in [0.29, 0.717) is 0 Å². The summed E-state index contributed by atoms with van der Waals surface area (Å²) in [4.78, 5) is 4.51. The third-order valence-electron chi connectivity index (χ3n) is 3.12. The number of methoxy groups -OCH3 is 1. The lowest BCUT2D eigenvalue weighted by Crippen LogP contribution is -2.03. The highest BCUT2D eigenvalue weighted by molar-refractivity contribution is 7.09. The molecule has 2 rings (SSSR count). The fourth-order valence-electron chi connectivity index (χ4n) is 2.00. The van der Waals surface area contributed by atoms with Crippen LogP contribution in [0.1, 0.15) is 30.7 Å². The van der Waals surface area contributed by atoms with Crippen LogP contribution in [0.5, 0.6) is 5.75 Å². The average Bonchev–Trinajstić information content (AvgIpc) is 2.95. The number of unbranched alkanes of at least 4 members (excludes halogenated alkanes) is 2. The predicted octanol–water partition coefficient (Wildman–Crippen LogP) is 2.68. The first-order valence-electron chi connectivity index (χ1n) is 7.21. The molecule has 0 saturated carbocycles. The number of nitrogens with one attached hydrogen (secondary N) is 1. The van der Waals surface area contributed by atoms with Crippen molar-refractivity contribution in [1.29, 1.82) is 0 Å². The minimum absolute atomic E-state index is 0.725. The molecule has 0 fully saturated rings. The second kappa shape index (κ2) is 8.59. The molecular weight excluding hydrogens is 284 g/mol. The van der Waals surface area contributed by atoms with Crippen LogP contribution in [0.25, 0.3) is 0 Å². The van der Waals surface area contributed by atoms with Crippen molar-refractivity contribution in [1.82, 2.24) is 9.36 Å². The third kappa shape index (κ3) is 5.32. The summed E-state index contributed by atoms with van der Waals surface area (Å²) in [5.41, 5.74) is 6.62. The number of aromatic nitrogens is 2. The lowest BCUT2D eigenvalue weighted by Gasteiger charge is -2.02. The summed E-state index contributed by atoms with van der Waals surface area (Å²) in [6.45, 7) is 1.69. The van der Waals surface area contributed by atoms with Crippen LogP contribution in [0.2, 0.25) is 0 Å². The molecule has 0 saturated heterocycles. The highest BCUT2D eigenvalue weighted by Gasteiger charge is 2.05. The molecule has 0 atom stereocenters. The van der Waals surface area contributed by atoms with E-state index in [0.717, 1.165) is 61.0 Å². The van der Waals surface area contributed by atoms with Crippen molar-refractivity contribution in [2.24, 2.45) is 5.73 Å². The molecule has 114 valence electrons. The van der Waals surface area contributed by atoms with Gasteiger partial charge in [-0.05, 0) is 37.1 Å². The van der Waals surface area contributed by atoms with Crippen molar-refractivity contribution in [3.63, 3.8) is 0 Å². The zero-order valence-electron chi connectivity index (χ0n) is 12.3. The maximum absolute atomic E-state index is 5.47. The van der Waals surface area contributed by atoms with Crippen LogP contribution in [-0.2, 0) is 6.42 Å². The van der Waals surface area contributed by atoms with Crippen molar-refractivity contribution in [3.05, 3.63) is 35.7 Å². The first-order chi connectivity index (χ1) is 10.3. The maximum Gasteiger partial charge on any atom is 0.202 e. The number of ether oxygens (including phenoxy) is 1. The first kappa shape index (κ1) is 15.7. The fourth-order valence-corrected chi connectivity index (χ4v) is 2.61. The van der Waals surface area contributed by atoms with Gasteiger partial charge in [-0.3, -0.25) is 0 Å².